The molecule has 0 aliphatic heterocycles. The Kier molecular flexibility index (Phi) is 8.85. The van der Waals surface area contributed by atoms with Gasteiger partial charge in [0.25, 0.3) is 0 Å². The van der Waals surface area contributed by atoms with Crippen LogP contribution in [-0.4, -0.2) is 53.9 Å². The van der Waals surface area contributed by atoms with E-state index in [0.29, 0.717) is 30.4 Å². The van der Waals surface area contributed by atoms with Crippen molar-refractivity contribution >= 4 is 36.4 Å². The first-order chi connectivity index (χ1) is 17.2. The molecule has 3 rings (SSSR count). The summed E-state index contributed by atoms with van der Waals surface area (Å²) in [7, 11) is -1.22. The summed E-state index contributed by atoms with van der Waals surface area (Å²) in [6, 6.07) is 3.80. The maximum atomic E-state index is 12.6. The van der Waals surface area contributed by atoms with Gasteiger partial charge in [-0.15, -0.1) is 0 Å². The number of rotatable bonds is 11. The average molecular weight is 537 g/mol. The molecular weight excluding hydrogens is 501 g/mol. The lowest BCUT2D eigenvalue weighted by molar-refractivity contribution is -0.139. The van der Waals surface area contributed by atoms with E-state index in [2.05, 4.69) is 34.9 Å². The second-order valence-electron chi connectivity index (χ2n) is 10.7. The van der Waals surface area contributed by atoms with Gasteiger partial charge in [0.05, 0.1) is 17.6 Å². The number of anilines is 2. The average Bonchev–Trinajstić information content (AvgIpc) is 3.15. The van der Waals surface area contributed by atoms with Crippen LogP contribution in [0.25, 0.3) is 22.2 Å². The lowest BCUT2D eigenvalue weighted by atomic mass is 10.0. The van der Waals surface area contributed by atoms with E-state index in [1.807, 2.05) is 22.1 Å². The predicted octanol–water partition coefficient (Wildman–Crippen LogP) is 5.11. The van der Waals surface area contributed by atoms with Crippen LogP contribution in [0.4, 0.5) is 24.5 Å². The Morgan fingerprint density at radius 3 is 2.57 bits per heavy atom. The molecule has 1 atom stereocenters. The molecule has 1 amide bonds. The van der Waals surface area contributed by atoms with Crippen molar-refractivity contribution in [2.45, 2.75) is 58.5 Å². The summed E-state index contributed by atoms with van der Waals surface area (Å²) in [5.74, 6) is -1.00. The zero-order valence-electron chi connectivity index (χ0n) is 21.8. The first-order valence-electron chi connectivity index (χ1n) is 12.1. The van der Waals surface area contributed by atoms with Gasteiger partial charge >= 0.3 is 6.18 Å². The summed E-state index contributed by atoms with van der Waals surface area (Å²) < 4.78 is 45.6. The number of alkyl halides is 3. The van der Waals surface area contributed by atoms with Crippen LogP contribution >= 0.6 is 0 Å². The van der Waals surface area contributed by atoms with E-state index >= 15 is 0 Å². The maximum absolute atomic E-state index is 12.6. The molecule has 3 aromatic heterocycles. The number of pyridine rings is 2. The van der Waals surface area contributed by atoms with Crippen LogP contribution < -0.4 is 16.4 Å². The van der Waals surface area contributed by atoms with Crippen molar-refractivity contribution < 1.29 is 22.7 Å². The molecular formula is C25H35F3N6O2Si. The van der Waals surface area contributed by atoms with Crippen molar-refractivity contribution in [1.82, 2.24) is 19.9 Å². The largest absolute Gasteiger partial charge is 0.405 e. The monoisotopic (exact) mass is 536 g/mol. The van der Waals surface area contributed by atoms with Crippen molar-refractivity contribution in [3.05, 3.63) is 36.9 Å². The lowest BCUT2D eigenvalue weighted by Gasteiger charge is -2.23. The number of nitrogens with zero attached hydrogens (tertiary/aromatic N) is 3. The highest BCUT2D eigenvalue weighted by Crippen LogP contribution is 2.32. The second-order valence-corrected chi connectivity index (χ2v) is 16.3. The van der Waals surface area contributed by atoms with Crippen molar-refractivity contribution in [3.8, 4) is 11.1 Å². The van der Waals surface area contributed by atoms with Gasteiger partial charge in [0.15, 0.2) is 0 Å². The number of hydrogen-bond acceptors (Lipinski definition) is 6. The minimum Gasteiger partial charge on any atom is -0.397 e. The molecule has 0 radical (unpaired) electrons. The van der Waals surface area contributed by atoms with E-state index in [4.69, 9.17) is 10.5 Å². The molecule has 0 spiro atoms. The van der Waals surface area contributed by atoms with Gasteiger partial charge in [-0.1, -0.05) is 33.5 Å². The third-order valence-electron chi connectivity index (χ3n) is 5.75. The van der Waals surface area contributed by atoms with Crippen LogP contribution in [0, 0.1) is 5.92 Å². The van der Waals surface area contributed by atoms with E-state index in [-0.39, 0.29) is 5.92 Å². The molecule has 3 aromatic rings. The maximum Gasteiger partial charge on any atom is 0.405 e. The summed E-state index contributed by atoms with van der Waals surface area (Å²) in [4.78, 5) is 21.3. The molecule has 8 nitrogen and oxygen atoms in total. The molecule has 0 fully saturated rings. The Labute approximate surface area is 215 Å². The number of ether oxygens (including phenoxy) is 1. The normalized spacial score (nSPS) is 13.2. The quantitative estimate of drug-likeness (QED) is 0.232. The van der Waals surface area contributed by atoms with E-state index in [1.165, 1.54) is 6.20 Å². The molecule has 0 saturated heterocycles. The van der Waals surface area contributed by atoms with Gasteiger partial charge in [-0.05, 0) is 24.1 Å². The number of halogens is 3. The smallest absolute Gasteiger partial charge is 0.397 e. The minimum atomic E-state index is -4.48. The third-order valence-corrected chi connectivity index (χ3v) is 7.45. The molecule has 0 unspecified atom stereocenters. The van der Waals surface area contributed by atoms with Crippen LogP contribution in [0.3, 0.4) is 0 Å². The highest BCUT2D eigenvalue weighted by Gasteiger charge is 2.30. The first kappa shape index (κ1) is 28.4. The number of hydrogen-bond donors (Lipinski definition) is 3. The molecule has 0 bridgehead atoms. The molecule has 3 heterocycles. The molecule has 37 heavy (non-hydrogen) atoms. The summed E-state index contributed by atoms with van der Waals surface area (Å²) in [5, 5.41) is 5.81. The van der Waals surface area contributed by atoms with Gasteiger partial charge in [0.2, 0.25) is 5.91 Å². The fraction of sp³-hybridized carbons (Fsp3) is 0.480. The number of aromatic nitrogens is 3. The Bertz CT molecular complexity index is 1220. The van der Waals surface area contributed by atoms with Gasteiger partial charge in [-0.2, -0.15) is 13.2 Å². The zero-order chi connectivity index (χ0) is 27.4. The number of carbonyl (C=O) groups is 1. The fourth-order valence-electron chi connectivity index (χ4n) is 3.73. The highest BCUT2D eigenvalue weighted by molar-refractivity contribution is 6.76. The van der Waals surface area contributed by atoms with E-state index < -0.39 is 32.7 Å². The molecule has 0 aliphatic rings. The van der Waals surface area contributed by atoms with Crippen molar-refractivity contribution in [1.29, 1.82) is 0 Å². The Balaban J connectivity index is 1.86. The fourth-order valence-corrected chi connectivity index (χ4v) is 4.49. The number of nitrogen functional groups attached to an aromatic ring is 1. The van der Waals surface area contributed by atoms with Crippen molar-refractivity contribution in [2.24, 2.45) is 5.92 Å². The van der Waals surface area contributed by atoms with Crippen LogP contribution in [-0.2, 0) is 16.3 Å². The summed E-state index contributed by atoms with van der Waals surface area (Å²) >= 11 is 0. The lowest BCUT2D eigenvalue weighted by Crippen LogP contribution is -2.46. The number of nitrogens with two attached hydrogens (primary N) is 1. The van der Waals surface area contributed by atoms with E-state index in [0.717, 1.165) is 22.6 Å². The van der Waals surface area contributed by atoms with Gasteiger partial charge in [-0.25, -0.2) is 4.98 Å². The Morgan fingerprint density at radius 1 is 1.19 bits per heavy atom. The van der Waals surface area contributed by atoms with Crippen molar-refractivity contribution in [2.75, 3.05) is 24.2 Å². The standard InChI is InChI=1S/C25H35F3N6O2Si/c1-16(2)22(24(35)32-14-25(26,27)28)33-19-8-17(10-30-12-19)21-13-34(15-36-6-7-37(3,4)5)23-20(21)9-18(29)11-31-23/h8-13,16,22,33H,6-7,14-15,29H2,1-5H3,(H,32,35)/t22-/m0/s1. The van der Waals surface area contributed by atoms with Crippen LogP contribution in [0.2, 0.25) is 25.7 Å². The van der Waals surface area contributed by atoms with Crippen LogP contribution in [0.1, 0.15) is 13.8 Å². The molecule has 0 aliphatic carbocycles. The highest BCUT2D eigenvalue weighted by atomic mass is 28.3. The number of fused-ring (bicyclic) bond motifs is 1. The van der Waals surface area contributed by atoms with Crippen LogP contribution in [0.5, 0.6) is 0 Å². The number of amides is 1. The molecule has 12 heteroatoms. The van der Waals surface area contributed by atoms with Gasteiger partial charge in [0.1, 0.15) is 25.0 Å². The first-order valence-corrected chi connectivity index (χ1v) is 15.8. The van der Waals surface area contributed by atoms with Crippen LogP contribution in [0.15, 0.2) is 36.9 Å². The van der Waals surface area contributed by atoms with Gasteiger partial charge in [-0.3, -0.25) is 9.78 Å². The van der Waals surface area contributed by atoms with Crippen molar-refractivity contribution in [3.63, 3.8) is 0 Å². The Morgan fingerprint density at radius 2 is 1.92 bits per heavy atom. The SMILES string of the molecule is CC(C)[C@H](Nc1cncc(-c2cn(COCC[Si](C)(C)C)c3ncc(N)cc23)c1)C(=O)NCC(F)(F)F. The van der Waals surface area contributed by atoms with E-state index in [1.54, 1.807) is 32.3 Å². The molecule has 0 saturated carbocycles. The number of nitrogens with one attached hydrogen (secondary N) is 2. The summed E-state index contributed by atoms with van der Waals surface area (Å²) in [6.45, 7) is 10.00. The number of carbonyl (C=O) groups excluding carboxylic acids is 1. The Hall–Kier alpha value is -3.12. The third kappa shape index (κ3) is 8.19. The summed E-state index contributed by atoms with van der Waals surface area (Å²) in [5.41, 5.74) is 9.30. The van der Waals surface area contributed by atoms with Gasteiger partial charge in [0, 0.05) is 49.8 Å². The minimum absolute atomic E-state index is 0.267. The molecule has 4 N–H and O–H groups in total. The topological polar surface area (TPSA) is 107 Å². The predicted molar refractivity (Wildman–Crippen MR) is 143 cm³/mol. The zero-order valence-corrected chi connectivity index (χ0v) is 22.8. The second kappa shape index (κ2) is 11.5. The molecule has 202 valence electrons. The van der Waals surface area contributed by atoms with Gasteiger partial charge < -0.3 is 25.7 Å². The summed E-state index contributed by atoms with van der Waals surface area (Å²) in [6.07, 6.45) is 2.23. The molecule has 0 aromatic carbocycles. The van der Waals surface area contributed by atoms with E-state index in [9.17, 15) is 18.0 Å².